The molecule has 6 heteroatoms. The van der Waals surface area contributed by atoms with Gasteiger partial charge in [-0.05, 0) is 30.7 Å². The summed E-state index contributed by atoms with van der Waals surface area (Å²) in [5.41, 5.74) is 3.01. The number of carbonyl (C=O) groups excluding carboxylic acids is 1. The Hall–Kier alpha value is -2.53. The topological polar surface area (TPSA) is 67.8 Å². The number of hydrogen-bond acceptors (Lipinski definition) is 4. The van der Waals surface area contributed by atoms with E-state index in [2.05, 4.69) is 20.3 Å². The molecule has 0 unspecified atom stereocenters. The van der Waals surface area contributed by atoms with Crippen molar-refractivity contribution in [2.45, 2.75) is 6.92 Å². The van der Waals surface area contributed by atoms with Gasteiger partial charge in [0.15, 0.2) is 5.15 Å². The van der Waals surface area contributed by atoms with E-state index in [-0.39, 0.29) is 11.1 Å². The van der Waals surface area contributed by atoms with Crippen molar-refractivity contribution in [2.24, 2.45) is 0 Å². The van der Waals surface area contributed by atoms with E-state index in [9.17, 15) is 4.79 Å². The van der Waals surface area contributed by atoms with Crippen LogP contribution < -0.4 is 5.32 Å². The van der Waals surface area contributed by atoms with Gasteiger partial charge in [0, 0.05) is 18.6 Å². The van der Waals surface area contributed by atoms with Crippen LogP contribution in [-0.4, -0.2) is 20.9 Å². The highest BCUT2D eigenvalue weighted by molar-refractivity contribution is 6.33. The normalized spacial score (nSPS) is 10.6. The summed E-state index contributed by atoms with van der Waals surface area (Å²) in [5, 5.41) is 3.04. The molecule has 104 valence electrons. The summed E-state index contributed by atoms with van der Waals surface area (Å²) in [6.45, 7) is 1.85. The fourth-order valence-electron chi connectivity index (χ4n) is 2.03. The first kappa shape index (κ1) is 13.5. The minimum atomic E-state index is -0.292. The smallest absolute Gasteiger partial charge is 0.258 e. The van der Waals surface area contributed by atoms with Gasteiger partial charge in [0.1, 0.15) is 5.52 Å². The molecule has 0 saturated carbocycles. The number of pyridine rings is 1. The summed E-state index contributed by atoms with van der Waals surface area (Å²) in [4.78, 5) is 24.8. The summed E-state index contributed by atoms with van der Waals surface area (Å²) in [6, 6.07) is 7.06. The maximum atomic E-state index is 12.5. The Kier molecular flexibility index (Phi) is 3.50. The van der Waals surface area contributed by atoms with Crippen LogP contribution >= 0.6 is 11.6 Å². The molecule has 0 atom stereocenters. The number of rotatable bonds is 2. The van der Waals surface area contributed by atoms with Gasteiger partial charge in [0.25, 0.3) is 5.91 Å². The number of hydrogen-bond donors (Lipinski definition) is 1. The molecule has 3 rings (SSSR count). The van der Waals surface area contributed by atoms with Crippen molar-refractivity contribution >= 4 is 34.2 Å². The first-order valence-corrected chi connectivity index (χ1v) is 6.67. The molecule has 21 heavy (non-hydrogen) atoms. The van der Waals surface area contributed by atoms with Gasteiger partial charge in [-0.25, -0.2) is 4.98 Å². The molecule has 1 amide bonds. The number of fused-ring (bicyclic) bond motifs is 1. The monoisotopic (exact) mass is 298 g/mol. The van der Waals surface area contributed by atoms with E-state index in [1.807, 2.05) is 6.92 Å². The molecule has 0 aliphatic carbocycles. The summed E-state index contributed by atoms with van der Waals surface area (Å²) >= 11 is 6.03. The van der Waals surface area contributed by atoms with Crippen molar-refractivity contribution in [3.63, 3.8) is 0 Å². The van der Waals surface area contributed by atoms with E-state index < -0.39 is 0 Å². The molecule has 0 saturated heterocycles. The first-order chi connectivity index (χ1) is 10.2. The third kappa shape index (κ3) is 2.55. The minimum Gasteiger partial charge on any atom is -0.319 e. The van der Waals surface area contributed by atoms with Crippen molar-refractivity contribution in [1.29, 1.82) is 0 Å². The maximum Gasteiger partial charge on any atom is 0.258 e. The molecule has 0 aliphatic heterocycles. The standard InChI is InChI=1S/C15H11ClN4O/c1-9-5-6-19-14(16)12(9)20-15(21)10-3-2-4-11-13(10)18-8-7-17-11/h2-8H,1H3,(H,20,21). The lowest BCUT2D eigenvalue weighted by molar-refractivity contribution is 0.102. The van der Waals surface area contributed by atoms with Gasteiger partial charge in [-0.2, -0.15) is 0 Å². The first-order valence-electron chi connectivity index (χ1n) is 6.29. The van der Waals surface area contributed by atoms with Gasteiger partial charge in [0.2, 0.25) is 0 Å². The van der Waals surface area contributed by atoms with Crippen LogP contribution in [-0.2, 0) is 0 Å². The van der Waals surface area contributed by atoms with Crippen LogP contribution in [0.1, 0.15) is 15.9 Å². The van der Waals surface area contributed by atoms with Gasteiger partial charge in [-0.3, -0.25) is 14.8 Å². The zero-order chi connectivity index (χ0) is 14.8. The Morgan fingerprint density at radius 3 is 2.71 bits per heavy atom. The van der Waals surface area contributed by atoms with E-state index in [4.69, 9.17) is 11.6 Å². The Balaban J connectivity index is 2.02. The Bertz CT molecular complexity index is 809. The summed E-state index contributed by atoms with van der Waals surface area (Å²) in [5.74, 6) is -0.292. The summed E-state index contributed by atoms with van der Waals surface area (Å²) in [7, 11) is 0. The lowest BCUT2D eigenvalue weighted by Crippen LogP contribution is -2.14. The van der Waals surface area contributed by atoms with Crippen LogP contribution in [0.2, 0.25) is 5.15 Å². The zero-order valence-corrected chi connectivity index (χ0v) is 11.9. The Labute approximate surface area is 126 Å². The fourth-order valence-corrected chi connectivity index (χ4v) is 2.28. The fraction of sp³-hybridized carbons (Fsp3) is 0.0667. The Morgan fingerprint density at radius 2 is 1.90 bits per heavy atom. The van der Waals surface area contributed by atoms with Gasteiger partial charge >= 0.3 is 0 Å². The largest absolute Gasteiger partial charge is 0.319 e. The molecule has 1 N–H and O–H groups in total. The van der Waals surface area contributed by atoms with Crippen molar-refractivity contribution in [2.75, 3.05) is 5.32 Å². The highest BCUT2D eigenvalue weighted by Gasteiger charge is 2.14. The maximum absolute atomic E-state index is 12.5. The SMILES string of the molecule is Cc1ccnc(Cl)c1NC(=O)c1cccc2nccnc12. The van der Waals surface area contributed by atoms with E-state index in [0.29, 0.717) is 22.3 Å². The van der Waals surface area contributed by atoms with Crippen molar-refractivity contribution in [3.8, 4) is 0 Å². The van der Waals surface area contributed by atoms with Gasteiger partial charge < -0.3 is 5.32 Å². The van der Waals surface area contributed by atoms with Gasteiger partial charge in [-0.1, -0.05) is 17.7 Å². The third-order valence-electron chi connectivity index (χ3n) is 3.09. The van der Waals surface area contributed by atoms with Crippen LogP contribution in [0.5, 0.6) is 0 Å². The van der Waals surface area contributed by atoms with Crippen LogP contribution in [0.25, 0.3) is 11.0 Å². The van der Waals surface area contributed by atoms with E-state index in [0.717, 1.165) is 5.56 Å². The second-order valence-corrected chi connectivity index (χ2v) is 4.84. The van der Waals surface area contributed by atoms with Gasteiger partial charge in [0.05, 0.1) is 16.8 Å². The van der Waals surface area contributed by atoms with E-state index in [1.165, 1.54) is 0 Å². The minimum absolute atomic E-state index is 0.259. The van der Waals surface area contributed by atoms with Crippen LogP contribution in [0.4, 0.5) is 5.69 Å². The number of aromatic nitrogens is 3. The molecule has 0 aliphatic rings. The molecule has 1 aromatic carbocycles. The van der Waals surface area contributed by atoms with Crippen molar-refractivity contribution < 1.29 is 4.79 Å². The highest BCUT2D eigenvalue weighted by atomic mass is 35.5. The third-order valence-corrected chi connectivity index (χ3v) is 3.38. The second kappa shape index (κ2) is 5.46. The predicted octanol–water partition coefficient (Wildman–Crippen LogP) is 3.24. The lowest BCUT2D eigenvalue weighted by Gasteiger charge is -2.10. The quantitative estimate of drug-likeness (QED) is 0.738. The zero-order valence-electron chi connectivity index (χ0n) is 11.2. The number of carbonyl (C=O) groups is 1. The van der Waals surface area contributed by atoms with Crippen molar-refractivity contribution in [3.05, 3.63) is 59.1 Å². The number of benzene rings is 1. The average Bonchev–Trinajstić information content (AvgIpc) is 2.50. The second-order valence-electron chi connectivity index (χ2n) is 4.48. The number of halogens is 1. The summed E-state index contributed by atoms with van der Waals surface area (Å²) < 4.78 is 0. The van der Waals surface area contributed by atoms with Crippen LogP contribution in [0.3, 0.4) is 0 Å². The number of nitrogens with one attached hydrogen (secondary N) is 1. The molecule has 0 fully saturated rings. The molecule has 2 aromatic heterocycles. The molecule has 0 radical (unpaired) electrons. The van der Waals surface area contributed by atoms with E-state index in [1.54, 1.807) is 42.9 Å². The molecule has 0 bridgehead atoms. The molecule has 3 aromatic rings. The predicted molar refractivity (Wildman–Crippen MR) is 81.5 cm³/mol. The number of aryl methyl sites for hydroxylation is 1. The summed E-state index contributed by atoms with van der Waals surface area (Å²) in [6.07, 6.45) is 4.74. The molecule has 0 spiro atoms. The highest BCUT2D eigenvalue weighted by Crippen LogP contribution is 2.24. The number of anilines is 1. The average molecular weight is 299 g/mol. The Morgan fingerprint density at radius 1 is 1.10 bits per heavy atom. The van der Waals surface area contributed by atoms with Crippen LogP contribution in [0.15, 0.2) is 42.9 Å². The lowest BCUT2D eigenvalue weighted by atomic mass is 10.1. The molecular formula is C15H11ClN4O. The van der Waals surface area contributed by atoms with Crippen molar-refractivity contribution in [1.82, 2.24) is 15.0 Å². The van der Waals surface area contributed by atoms with E-state index >= 15 is 0 Å². The van der Waals surface area contributed by atoms with Gasteiger partial charge in [-0.15, -0.1) is 0 Å². The number of nitrogens with zero attached hydrogens (tertiary/aromatic N) is 3. The molecular weight excluding hydrogens is 288 g/mol. The molecule has 5 nitrogen and oxygen atoms in total. The number of para-hydroxylation sites is 1. The molecule has 2 heterocycles. The van der Waals surface area contributed by atoms with Crippen LogP contribution in [0, 0.1) is 6.92 Å². The number of amides is 1.